The smallest absolute Gasteiger partial charge is 0.0398 e. The van der Waals surface area contributed by atoms with E-state index in [1.54, 1.807) is 0 Å². The predicted octanol–water partition coefficient (Wildman–Crippen LogP) is 3.61. The molecule has 0 bridgehead atoms. The van der Waals surface area contributed by atoms with Gasteiger partial charge in [0.25, 0.3) is 0 Å². The number of hydrogen-bond donors (Lipinski definition) is 1. The zero-order valence-electron chi connectivity index (χ0n) is 12.5. The van der Waals surface area contributed by atoms with Crippen molar-refractivity contribution in [2.75, 3.05) is 24.5 Å². The van der Waals surface area contributed by atoms with Gasteiger partial charge in [-0.05, 0) is 43.9 Å². The van der Waals surface area contributed by atoms with Crippen molar-refractivity contribution in [3.8, 4) is 0 Å². The molecule has 2 rings (SSSR count). The van der Waals surface area contributed by atoms with Crippen LogP contribution >= 0.6 is 0 Å². The number of hydrogen-bond acceptors (Lipinski definition) is 2. The summed E-state index contributed by atoms with van der Waals surface area (Å²) in [7, 11) is 0. The lowest BCUT2D eigenvalue weighted by molar-refractivity contribution is 0.439. The van der Waals surface area contributed by atoms with E-state index in [9.17, 15) is 0 Å². The van der Waals surface area contributed by atoms with Gasteiger partial charge in [0.15, 0.2) is 0 Å². The summed E-state index contributed by atoms with van der Waals surface area (Å²) in [6.07, 6.45) is 6.17. The van der Waals surface area contributed by atoms with Crippen LogP contribution in [0.15, 0.2) is 24.3 Å². The molecule has 1 aliphatic heterocycles. The second-order valence-corrected chi connectivity index (χ2v) is 5.57. The first-order valence-electron chi connectivity index (χ1n) is 7.91. The van der Waals surface area contributed by atoms with Crippen molar-refractivity contribution in [3.63, 3.8) is 0 Å². The molecule has 1 fully saturated rings. The van der Waals surface area contributed by atoms with Crippen LogP contribution in [0.3, 0.4) is 0 Å². The third-order valence-electron chi connectivity index (χ3n) is 4.13. The van der Waals surface area contributed by atoms with Gasteiger partial charge in [-0.3, -0.25) is 0 Å². The van der Waals surface area contributed by atoms with Gasteiger partial charge in [0.05, 0.1) is 0 Å². The van der Waals surface area contributed by atoms with Crippen molar-refractivity contribution in [1.82, 2.24) is 5.32 Å². The molecular formula is C17H28N2. The Morgan fingerprint density at radius 1 is 1.21 bits per heavy atom. The lowest BCUT2D eigenvalue weighted by Gasteiger charge is -2.32. The fourth-order valence-corrected chi connectivity index (χ4v) is 2.99. The number of para-hydroxylation sites is 1. The van der Waals surface area contributed by atoms with E-state index in [-0.39, 0.29) is 0 Å². The Kier molecular flexibility index (Phi) is 5.71. The Bertz CT molecular complexity index is 375. The molecule has 1 aromatic carbocycles. The van der Waals surface area contributed by atoms with Gasteiger partial charge in [-0.15, -0.1) is 0 Å². The van der Waals surface area contributed by atoms with Crippen molar-refractivity contribution >= 4 is 5.69 Å². The van der Waals surface area contributed by atoms with Crippen LogP contribution in [0.1, 0.15) is 45.1 Å². The number of anilines is 1. The van der Waals surface area contributed by atoms with E-state index >= 15 is 0 Å². The minimum Gasteiger partial charge on any atom is -0.371 e. The highest BCUT2D eigenvalue weighted by molar-refractivity contribution is 5.53. The van der Waals surface area contributed by atoms with Gasteiger partial charge in [0, 0.05) is 24.8 Å². The molecule has 0 spiro atoms. The fraction of sp³-hybridized carbons (Fsp3) is 0.647. The average Bonchev–Trinajstić information content (AvgIpc) is 2.41. The zero-order valence-corrected chi connectivity index (χ0v) is 12.5. The summed E-state index contributed by atoms with van der Waals surface area (Å²) < 4.78 is 0. The van der Waals surface area contributed by atoms with Crippen molar-refractivity contribution < 1.29 is 0 Å². The Morgan fingerprint density at radius 3 is 2.84 bits per heavy atom. The van der Waals surface area contributed by atoms with Crippen LogP contribution in [0.5, 0.6) is 0 Å². The number of benzene rings is 1. The lowest BCUT2D eigenvalue weighted by atomic mass is 10.0. The second-order valence-electron chi connectivity index (χ2n) is 5.57. The molecule has 1 atom stereocenters. The van der Waals surface area contributed by atoms with Crippen LogP contribution in [-0.4, -0.2) is 25.7 Å². The third-order valence-corrected chi connectivity index (χ3v) is 4.13. The average molecular weight is 260 g/mol. The first-order chi connectivity index (χ1) is 9.35. The Morgan fingerprint density at radius 2 is 2.05 bits per heavy atom. The van der Waals surface area contributed by atoms with Gasteiger partial charge in [0.2, 0.25) is 0 Å². The van der Waals surface area contributed by atoms with E-state index in [1.807, 2.05) is 0 Å². The highest BCUT2D eigenvalue weighted by atomic mass is 15.1. The highest BCUT2D eigenvalue weighted by Crippen LogP contribution is 2.23. The minimum atomic E-state index is 0.695. The van der Waals surface area contributed by atoms with Crippen molar-refractivity contribution in [2.24, 2.45) is 0 Å². The van der Waals surface area contributed by atoms with Gasteiger partial charge in [-0.2, -0.15) is 0 Å². The normalized spacial score (nSPS) is 20.9. The molecule has 2 heteroatoms. The lowest BCUT2D eigenvalue weighted by Crippen LogP contribution is -2.39. The Balaban J connectivity index is 2.10. The number of aryl methyl sites for hydroxylation is 1. The van der Waals surface area contributed by atoms with Crippen LogP contribution in [0, 0.1) is 0 Å². The van der Waals surface area contributed by atoms with Crippen molar-refractivity contribution in [1.29, 1.82) is 0 Å². The van der Waals surface area contributed by atoms with E-state index in [4.69, 9.17) is 0 Å². The molecule has 1 aliphatic rings. The first kappa shape index (κ1) is 14.4. The molecular weight excluding hydrogens is 232 g/mol. The number of nitrogens with zero attached hydrogens (tertiary/aromatic N) is 1. The topological polar surface area (TPSA) is 15.3 Å². The Labute approximate surface area is 118 Å². The standard InChI is InChI=1S/C17H28N2/c1-3-8-15-9-5-6-10-17(15)19-13-7-12-18-16(4-2)11-14-19/h5-6,9-10,16,18H,3-4,7-8,11-14H2,1-2H3. The highest BCUT2D eigenvalue weighted by Gasteiger charge is 2.15. The Hall–Kier alpha value is -1.02. The summed E-state index contributed by atoms with van der Waals surface area (Å²) in [5.41, 5.74) is 2.99. The molecule has 1 saturated heterocycles. The van der Waals surface area contributed by atoms with Gasteiger partial charge in [0.1, 0.15) is 0 Å². The molecule has 1 aromatic rings. The van der Waals surface area contributed by atoms with E-state index < -0.39 is 0 Å². The van der Waals surface area contributed by atoms with Crippen LogP contribution in [-0.2, 0) is 6.42 Å². The largest absolute Gasteiger partial charge is 0.371 e. The third kappa shape index (κ3) is 3.97. The maximum atomic E-state index is 3.66. The maximum Gasteiger partial charge on any atom is 0.0398 e. The molecule has 0 amide bonds. The van der Waals surface area contributed by atoms with E-state index in [0.717, 1.165) is 6.54 Å². The van der Waals surface area contributed by atoms with Crippen molar-refractivity contribution in [3.05, 3.63) is 29.8 Å². The molecule has 106 valence electrons. The van der Waals surface area contributed by atoms with Gasteiger partial charge < -0.3 is 10.2 Å². The van der Waals surface area contributed by atoms with Gasteiger partial charge >= 0.3 is 0 Å². The second kappa shape index (κ2) is 7.54. The van der Waals surface area contributed by atoms with E-state index in [1.165, 1.54) is 56.4 Å². The van der Waals surface area contributed by atoms with E-state index in [0.29, 0.717) is 6.04 Å². The summed E-state index contributed by atoms with van der Waals surface area (Å²) in [6.45, 7) is 8.08. The molecule has 0 aliphatic carbocycles. The SMILES string of the molecule is CCCc1ccccc1N1CCCNC(CC)CC1. The quantitative estimate of drug-likeness (QED) is 0.889. The predicted molar refractivity (Wildman–Crippen MR) is 84.0 cm³/mol. The molecule has 1 unspecified atom stereocenters. The maximum absolute atomic E-state index is 3.66. The van der Waals surface area contributed by atoms with Crippen LogP contribution in [0.4, 0.5) is 5.69 Å². The summed E-state index contributed by atoms with van der Waals surface area (Å²) in [5, 5.41) is 3.66. The molecule has 0 saturated carbocycles. The molecule has 1 N–H and O–H groups in total. The summed E-state index contributed by atoms with van der Waals surface area (Å²) in [4.78, 5) is 2.61. The van der Waals surface area contributed by atoms with Crippen LogP contribution < -0.4 is 10.2 Å². The minimum absolute atomic E-state index is 0.695. The van der Waals surface area contributed by atoms with E-state index in [2.05, 4.69) is 48.3 Å². The van der Waals surface area contributed by atoms with Crippen molar-refractivity contribution in [2.45, 2.75) is 52.0 Å². The number of rotatable bonds is 4. The monoisotopic (exact) mass is 260 g/mol. The number of nitrogens with one attached hydrogen (secondary N) is 1. The summed E-state index contributed by atoms with van der Waals surface area (Å²) in [6, 6.07) is 9.66. The van der Waals surface area contributed by atoms with Gasteiger partial charge in [-0.25, -0.2) is 0 Å². The molecule has 19 heavy (non-hydrogen) atoms. The molecule has 2 nitrogen and oxygen atoms in total. The van der Waals surface area contributed by atoms with Crippen LogP contribution in [0.2, 0.25) is 0 Å². The molecule has 0 aromatic heterocycles. The summed E-state index contributed by atoms with van der Waals surface area (Å²) in [5.74, 6) is 0. The van der Waals surface area contributed by atoms with Gasteiger partial charge in [-0.1, -0.05) is 38.5 Å². The molecule has 0 radical (unpaired) electrons. The zero-order chi connectivity index (χ0) is 13.5. The summed E-state index contributed by atoms with van der Waals surface area (Å²) >= 11 is 0. The fourth-order valence-electron chi connectivity index (χ4n) is 2.99. The van der Waals surface area contributed by atoms with Crippen LogP contribution in [0.25, 0.3) is 0 Å². The first-order valence-corrected chi connectivity index (χ1v) is 7.91. The molecule has 1 heterocycles.